The first-order valence-corrected chi connectivity index (χ1v) is 9.88. The van der Waals surface area contributed by atoms with Crippen molar-refractivity contribution in [2.24, 2.45) is 0 Å². The lowest BCUT2D eigenvalue weighted by atomic mass is 9.75. The molecule has 0 aromatic heterocycles. The van der Waals surface area contributed by atoms with Crippen LogP contribution in [-0.4, -0.2) is 35.0 Å². The summed E-state index contributed by atoms with van der Waals surface area (Å²) in [5.74, 6) is -0.591. The normalized spacial score (nSPS) is 21.1. The van der Waals surface area contributed by atoms with E-state index in [4.69, 9.17) is 9.31 Å². The molecule has 148 valence electrons. The fraction of sp³-hybridized carbons (Fsp3) is 0.455. The Hall–Kier alpha value is -2.18. The maximum Gasteiger partial charge on any atom is 0.490 e. The van der Waals surface area contributed by atoms with E-state index in [1.807, 2.05) is 33.8 Å². The van der Waals surface area contributed by atoms with Crippen LogP contribution in [0.4, 0.5) is 0 Å². The number of carbonyl (C=O) groups excluding carboxylic acids is 2. The molecule has 2 amide bonds. The number of hydrogen-bond donors (Lipinski definition) is 0. The van der Waals surface area contributed by atoms with E-state index in [1.165, 1.54) is 6.20 Å². The van der Waals surface area contributed by atoms with Gasteiger partial charge in [0.05, 0.1) is 22.3 Å². The van der Waals surface area contributed by atoms with Gasteiger partial charge in [-0.15, -0.1) is 0 Å². The number of amides is 2. The largest absolute Gasteiger partial charge is 0.490 e. The van der Waals surface area contributed by atoms with Crippen LogP contribution < -0.4 is 0 Å². The molecule has 2 aliphatic rings. The Morgan fingerprint density at radius 2 is 1.57 bits per heavy atom. The zero-order valence-electron chi connectivity index (χ0n) is 17.3. The number of fused-ring (bicyclic) bond motifs is 1. The highest BCUT2D eigenvalue weighted by Crippen LogP contribution is 2.39. The van der Waals surface area contributed by atoms with Crippen molar-refractivity contribution in [1.29, 1.82) is 0 Å². The fourth-order valence-electron chi connectivity index (χ4n) is 3.25. The van der Waals surface area contributed by atoms with Crippen LogP contribution >= 0.6 is 0 Å². The fourth-order valence-corrected chi connectivity index (χ4v) is 3.25. The number of carbonyl (C=O) groups is 2. The highest BCUT2D eigenvalue weighted by molar-refractivity contribution is 6.54. The number of nitrogens with zero attached hydrogens (tertiary/aromatic N) is 1. The average Bonchev–Trinajstić information content (AvgIpc) is 3.01. The molecular weight excluding hydrogens is 353 g/mol. The number of benzene rings is 1. The van der Waals surface area contributed by atoms with Gasteiger partial charge in [-0.05, 0) is 57.8 Å². The Labute approximate surface area is 167 Å². The first-order chi connectivity index (χ1) is 13.2. The lowest BCUT2D eigenvalue weighted by Crippen LogP contribution is -2.41. The van der Waals surface area contributed by atoms with Gasteiger partial charge < -0.3 is 9.31 Å². The second kappa shape index (κ2) is 7.68. The topological polar surface area (TPSA) is 55.8 Å². The number of rotatable bonds is 6. The van der Waals surface area contributed by atoms with Crippen molar-refractivity contribution < 1.29 is 18.9 Å². The van der Waals surface area contributed by atoms with Gasteiger partial charge >= 0.3 is 7.12 Å². The van der Waals surface area contributed by atoms with Gasteiger partial charge in [0.25, 0.3) is 11.8 Å². The molecule has 5 nitrogen and oxygen atoms in total. The van der Waals surface area contributed by atoms with E-state index in [0.717, 1.165) is 29.6 Å². The summed E-state index contributed by atoms with van der Waals surface area (Å²) in [6.45, 7) is 10.2. The molecule has 1 fully saturated rings. The minimum absolute atomic E-state index is 0.295. The third-order valence-corrected chi connectivity index (χ3v) is 5.75. The first-order valence-electron chi connectivity index (χ1n) is 9.88. The van der Waals surface area contributed by atoms with Crippen LogP contribution in [0.15, 0.2) is 48.1 Å². The Morgan fingerprint density at radius 1 is 1.04 bits per heavy atom. The predicted molar refractivity (Wildman–Crippen MR) is 110 cm³/mol. The van der Waals surface area contributed by atoms with Gasteiger partial charge in [-0.1, -0.05) is 38.0 Å². The number of imide groups is 1. The van der Waals surface area contributed by atoms with E-state index in [2.05, 4.69) is 6.92 Å². The van der Waals surface area contributed by atoms with Crippen molar-refractivity contribution >= 4 is 18.9 Å². The van der Waals surface area contributed by atoms with Crippen LogP contribution in [0.1, 0.15) is 74.6 Å². The summed E-state index contributed by atoms with van der Waals surface area (Å²) >= 11 is 0. The molecule has 0 aliphatic carbocycles. The van der Waals surface area contributed by atoms with Gasteiger partial charge in [-0.2, -0.15) is 0 Å². The van der Waals surface area contributed by atoms with E-state index in [1.54, 1.807) is 30.3 Å². The molecule has 0 radical (unpaired) electrons. The summed E-state index contributed by atoms with van der Waals surface area (Å²) in [6, 6.07) is 6.88. The maximum absolute atomic E-state index is 12.5. The number of hydrogen-bond acceptors (Lipinski definition) is 4. The van der Waals surface area contributed by atoms with Crippen molar-refractivity contribution in [1.82, 2.24) is 4.90 Å². The molecule has 1 aromatic rings. The van der Waals surface area contributed by atoms with Crippen molar-refractivity contribution in [3.63, 3.8) is 0 Å². The maximum atomic E-state index is 12.5. The summed E-state index contributed by atoms with van der Waals surface area (Å²) in [4.78, 5) is 26.1. The molecule has 2 aliphatic heterocycles. The standard InChI is InChI=1S/C22H28BNO4/c1-6-7-11-16(23-27-21(2,3)22(4,5)28-23)12-10-15-24-19(25)17-13-8-9-14-18(17)20(24)26/h8-10,12-15H,6-7,11H2,1-5H3/b15-10+,16-12-. The summed E-state index contributed by atoms with van der Waals surface area (Å²) < 4.78 is 12.3. The van der Waals surface area contributed by atoms with E-state index in [0.29, 0.717) is 11.1 Å². The summed E-state index contributed by atoms with van der Waals surface area (Å²) in [5, 5.41) is 0. The molecule has 6 heteroatoms. The molecule has 1 aromatic carbocycles. The predicted octanol–water partition coefficient (Wildman–Crippen LogP) is 4.54. The Balaban J connectivity index is 1.79. The highest BCUT2D eigenvalue weighted by atomic mass is 16.7. The van der Waals surface area contributed by atoms with Gasteiger partial charge in [0, 0.05) is 6.20 Å². The van der Waals surface area contributed by atoms with Gasteiger partial charge in [-0.25, -0.2) is 4.90 Å². The third kappa shape index (κ3) is 3.71. The second-order valence-corrected chi connectivity index (χ2v) is 8.30. The molecule has 0 saturated carbocycles. The van der Waals surface area contributed by atoms with Crippen LogP contribution in [0, 0.1) is 0 Å². The summed E-state index contributed by atoms with van der Waals surface area (Å²) in [7, 11) is -0.427. The number of unbranched alkanes of at least 4 members (excludes halogenated alkanes) is 1. The van der Waals surface area contributed by atoms with Crippen molar-refractivity contribution in [3.05, 3.63) is 59.2 Å². The van der Waals surface area contributed by atoms with Crippen molar-refractivity contribution in [3.8, 4) is 0 Å². The van der Waals surface area contributed by atoms with Gasteiger partial charge in [-0.3, -0.25) is 9.59 Å². The SMILES string of the molecule is CCCC/C(=C/C=C/N1C(=O)c2ccccc2C1=O)B1OC(C)(C)C(C)(C)O1. The highest BCUT2D eigenvalue weighted by Gasteiger charge is 2.52. The molecule has 0 bridgehead atoms. The molecule has 0 N–H and O–H groups in total. The monoisotopic (exact) mass is 381 g/mol. The number of allylic oxidation sites excluding steroid dienone is 3. The van der Waals surface area contributed by atoms with Crippen LogP contribution in [0.3, 0.4) is 0 Å². The lowest BCUT2D eigenvalue weighted by Gasteiger charge is -2.32. The van der Waals surface area contributed by atoms with E-state index in [9.17, 15) is 9.59 Å². The molecule has 0 unspecified atom stereocenters. The summed E-state index contributed by atoms with van der Waals surface area (Å²) in [6.07, 6.45) is 8.07. The van der Waals surface area contributed by atoms with Crippen LogP contribution in [0.2, 0.25) is 0 Å². The molecule has 28 heavy (non-hydrogen) atoms. The zero-order valence-corrected chi connectivity index (χ0v) is 17.3. The molecule has 3 rings (SSSR count). The van der Waals surface area contributed by atoms with Gasteiger partial charge in [0.2, 0.25) is 0 Å². The quantitative estimate of drug-likeness (QED) is 0.412. The molecular formula is C22H28BNO4. The van der Waals surface area contributed by atoms with Gasteiger partial charge in [0.1, 0.15) is 0 Å². The first kappa shape index (κ1) is 20.6. The Morgan fingerprint density at radius 3 is 2.07 bits per heavy atom. The molecule has 0 atom stereocenters. The average molecular weight is 381 g/mol. The smallest absolute Gasteiger partial charge is 0.400 e. The zero-order chi connectivity index (χ0) is 20.5. The molecule has 2 heterocycles. The van der Waals surface area contributed by atoms with E-state index >= 15 is 0 Å². The van der Waals surface area contributed by atoms with Crippen LogP contribution in [0.5, 0.6) is 0 Å². The van der Waals surface area contributed by atoms with Crippen LogP contribution in [0.25, 0.3) is 0 Å². The van der Waals surface area contributed by atoms with E-state index in [-0.39, 0.29) is 11.8 Å². The van der Waals surface area contributed by atoms with Crippen molar-refractivity contribution in [2.45, 2.75) is 65.1 Å². The molecule has 0 spiro atoms. The minimum Gasteiger partial charge on any atom is -0.400 e. The second-order valence-electron chi connectivity index (χ2n) is 8.30. The van der Waals surface area contributed by atoms with Gasteiger partial charge in [0.15, 0.2) is 0 Å². The third-order valence-electron chi connectivity index (χ3n) is 5.75. The van der Waals surface area contributed by atoms with Crippen molar-refractivity contribution in [2.75, 3.05) is 0 Å². The minimum atomic E-state index is -0.427. The lowest BCUT2D eigenvalue weighted by molar-refractivity contribution is 0.00578. The van der Waals surface area contributed by atoms with E-state index < -0.39 is 18.3 Å². The summed E-state index contributed by atoms with van der Waals surface area (Å²) in [5.41, 5.74) is 1.08. The van der Waals surface area contributed by atoms with Crippen LogP contribution in [-0.2, 0) is 9.31 Å². The Kier molecular flexibility index (Phi) is 5.64. The molecule has 1 saturated heterocycles. The Bertz CT molecular complexity index is 790.